The van der Waals surface area contributed by atoms with E-state index < -0.39 is 0 Å². The number of carbonyl (C=O) groups excluding carboxylic acids is 1. The van der Waals surface area contributed by atoms with E-state index in [1.807, 2.05) is 67.6 Å². The Kier molecular flexibility index (Phi) is 5.73. The Balaban J connectivity index is 1.77. The number of rotatable bonds is 5. The fourth-order valence-corrected chi connectivity index (χ4v) is 3.42. The summed E-state index contributed by atoms with van der Waals surface area (Å²) in [5.74, 6) is -0.372. The fraction of sp³-hybridized carbons (Fsp3) is 0.0909. The highest BCUT2D eigenvalue weighted by molar-refractivity contribution is 7.99. The molecule has 4 heteroatoms. The van der Waals surface area contributed by atoms with Crippen LogP contribution in [0.1, 0.15) is 27.0 Å². The monoisotopic (exact) mass is 359 g/mol. The van der Waals surface area contributed by atoms with Crippen LogP contribution >= 0.6 is 11.8 Å². The summed E-state index contributed by atoms with van der Waals surface area (Å²) >= 11 is 1.39. The number of nitrogens with zero attached hydrogens (tertiary/aromatic N) is 1. The van der Waals surface area contributed by atoms with Crippen molar-refractivity contribution in [3.63, 3.8) is 0 Å². The lowest BCUT2D eigenvalue weighted by Gasteiger charge is -2.10. The fourth-order valence-electron chi connectivity index (χ4n) is 2.40. The van der Waals surface area contributed by atoms with E-state index in [-0.39, 0.29) is 12.6 Å². The number of hydrogen-bond donors (Lipinski definition) is 0. The summed E-state index contributed by atoms with van der Waals surface area (Å²) < 4.78 is 5.47. The zero-order chi connectivity index (χ0) is 18.4. The summed E-state index contributed by atoms with van der Waals surface area (Å²) in [5, 5.41) is 9.25. The van der Waals surface area contributed by atoms with Gasteiger partial charge in [0.15, 0.2) is 0 Å². The molecule has 0 N–H and O–H groups in total. The Morgan fingerprint density at radius 2 is 1.62 bits per heavy atom. The highest BCUT2D eigenvalue weighted by Gasteiger charge is 2.14. The minimum absolute atomic E-state index is 0.229. The Morgan fingerprint density at radius 3 is 2.35 bits per heavy atom. The van der Waals surface area contributed by atoms with E-state index in [0.717, 1.165) is 20.9 Å². The third-order valence-electron chi connectivity index (χ3n) is 3.82. The number of hydrogen-bond acceptors (Lipinski definition) is 4. The van der Waals surface area contributed by atoms with Gasteiger partial charge in [0.25, 0.3) is 0 Å². The minimum Gasteiger partial charge on any atom is -0.457 e. The van der Waals surface area contributed by atoms with Gasteiger partial charge >= 0.3 is 5.97 Å². The Morgan fingerprint density at radius 1 is 0.962 bits per heavy atom. The van der Waals surface area contributed by atoms with Gasteiger partial charge in [-0.2, -0.15) is 5.26 Å². The van der Waals surface area contributed by atoms with Gasteiger partial charge in [-0.15, -0.1) is 0 Å². The molecule has 3 rings (SSSR count). The smallest absolute Gasteiger partial charge is 0.339 e. The van der Waals surface area contributed by atoms with Gasteiger partial charge in [0, 0.05) is 9.79 Å². The third kappa shape index (κ3) is 4.33. The molecule has 3 aromatic carbocycles. The van der Waals surface area contributed by atoms with Gasteiger partial charge < -0.3 is 4.74 Å². The van der Waals surface area contributed by atoms with Crippen LogP contribution in [-0.4, -0.2) is 5.97 Å². The molecule has 0 saturated heterocycles. The molecule has 0 atom stereocenters. The highest BCUT2D eigenvalue weighted by Crippen LogP contribution is 2.32. The van der Waals surface area contributed by atoms with E-state index in [9.17, 15) is 10.1 Å². The van der Waals surface area contributed by atoms with E-state index in [4.69, 9.17) is 4.74 Å². The molecular formula is C22H17NO2S. The normalized spacial score (nSPS) is 10.2. The van der Waals surface area contributed by atoms with Crippen molar-refractivity contribution in [2.24, 2.45) is 0 Å². The van der Waals surface area contributed by atoms with Crippen LogP contribution < -0.4 is 0 Å². The minimum atomic E-state index is -0.372. The van der Waals surface area contributed by atoms with Crippen LogP contribution in [0, 0.1) is 18.3 Å². The number of aryl methyl sites for hydroxylation is 1. The van der Waals surface area contributed by atoms with Crippen LogP contribution in [0.5, 0.6) is 0 Å². The molecule has 0 unspecified atom stereocenters. The lowest BCUT2D eigenvalue weighted by molar-refractivity contribution is 0.0468. The first-order valence-corrected chi connectivity index (χ1v) is 8.97. The second-order valence-electron chi connectivity index (χ2n) is 5.77. The van der Waals surface area contributed by atoms with Crippen molar-refractivity contribution in [2.75, 3.05) is 0 Å². The molecule has 0 spiro atoms. The molecule has 26 heavy (non-hydrogen) atoms. The van der Waals surface area contributed by atoms with Crippen LogP contribution in [0.2, 0.25) is 0 Å². The van der Waals surface area contributed by atoms with E-state index in [2.05, 4.69) is 6.07 Å². The molecule has 3 aromatic rings. The third-order valence-corrected chi connectivity index (χ3v) is 4.98. The molecule has 0 heterocycles. The van der Waals surface area contributed by atoms with Gasteiger partial charge in [-0.3, -0.25) is 0 Å². The molecule has 0 aliphatic rings. The topological polar surface area (TPSA) is 50.1 Å². The van der Waals surface area contributed by atoms with Crippen LogP contribution in [-0.2, 0) is 11.3 Å². The zero-order valence-electron chi connectivity index (χ0n) is 14.3. The van der Waals surface area contributed by atoms with Gasteiger partial charge in [0.2, 0.25) is 0 Å². The van der Waals surface area contributed by atoms with Gasteiger partial charge in [0.05, 0.1) is 11.1 Å². The first-order chi connectivity index (χ1) is 12.7. The summed E-state index contributed by atoms with van der Waals surface area (Å²) in [5.41, 5.74) is 3.19. The van der Waals surface area contributed by atoms with Crippen LogP contribution in [0.3, 0.4) is 0 Å². The zero-order valence-corrected chi connectivity index (χ0v) is 15.1. The molecule has 128 valence electrons. The summed E-state index contributed by atoms with van der Waals surface area (Å²) in [6.07, 6.45) is 0. The molecule has 0 aliphatic heterocycles. The molecule has 0 amide bonds. The lowest BCUT2D eigenvalue weighted by Crippen LogP contribution is -2.06. The maximum Gasteiger partial charge on any atom is 0.339 e. The van der Waals surface area contributed by atoms with Crippen molar-refractivity contribution < 1.29 is 9.53 Å². The molecule has 0 radical (unpaired) electrons. The number of benzene rings is 3. The van der Waals surface area contributed by atoms with Crippen molar-refractivity contribution >= 4 is 17.7 Å². The Bertz CT molecular complexity index is 958. The number of esters is 1. The summed E-state index contributed by atoms with van der Waals surface area (Å²) in [7, 11) is 0. The highest BCUT2D eigenvalue weighted by atomic mass is 32.2. The maximum absolute atomic E-state index is 12.5. The van der Waals surface area contributed by atoms with Crippen LogP contribution in [0.25, 0.3) is 0 Å². The van der Waals surface area contributed by atoms with E-state index in [1.54, 1.807) is 12.1 Å². The number of carbonyl (C=O) groups is 1. The molecule has 3 nitrogen and oxygen atoms in total. The summed E-state index contributed by atoms with van der Waals surface area (Å²) in [4.78, 5) is 14.1. The van der Waals surface area contributed by atoms with Gasteiger partial charge in [-0.25, -0.2) is 4.79 Å². The Hall–Kier alpha value is -3.03. The molecule has 0 aromatic heterocycles. The van der Waals surface area contributed by atoms with Crippen molar-refractivity contribution in [1.29, 1.82) is 5.26 Å². The van der Waals surface area contributed by atoms with Crippen molar-refractivity contribution in [3.05, 3.63) is 95.1 Å². The number of ether oxygens (including phenoxy) is 1. The molecular weight excluding hydrogens is 342 g/mol. The molecule has 0 bridgehead atoms. The summed E-state index contributed by atoms with van der Waals surface area (Å²) in [6.45, 7) is 2.25. The average Bonchev–Trinajstić information content (AvgIpc) is 2.68. The van der Waals surface area contributed by atoms with E-state index >= 15 is 0 Å². The maximum atomic E-state index is 12.5. The van der Waals surface area contributed by atoms with Crippen LogP contribution in [0.15, 0.2) is 82.6 Å². The molecule has 0 saturated carbocycles. The van der Waals surface area contributed by atoms with Crippen molar-refractivity contribution in [1.82, 2.24) is 0 Å². The largest absolute Gasteiger partial charge is 0.457 e. The molecule has 0 aliphatic carbocycles. The predicted octanol–water partition coefficient (Wildman–Crippen LogP) is 5.37. The van der Waals surface area contributed by atoms with E-state index in [0.29, 0.717) is 11.1 Å². The SMILES string of the molecule is Cc1ccc(COC(=O)c2ccccc2Sc2ccccc2C#N)cc1. The number of nitriles is 1. The standard InChI is InChI=1S/C22H17NO2S/c1-16-10-12-17(13-11-16)15-25-22(24)19-7-3-5-9-21(19)26-20-8-4-2-6-18(20)14-23/h2-13H,15H2,1H3. The lowest BCUT2D eigenvalue weighted by atomic mass is 10.2. The van der Waals surface area contributed by atoms with Gasteiger partial charge in [-0.05, 0) is 36.8 Å². The quantitative estimate of drug-likeness (QED) is 0.574. The second-order valence-corrected chi connectivity index (χ2v) is 6.85. The second kappa shape index (κ2) is 8.37. The van der Waals surface area contributed by atoms with Crippen molar-refractivity contribution in [3.8, 4) is 6.07 Å². The van der Waals surface area contributed by atoms with Gasteiger partial charge in [0.1, 0.15) is 12.7 Å². The summed E-state index contributed by atoms with van der Waals surface area (Å²) in [6, 6.07) is 24.7. The first kappa shape index (κ1) is 17.8. The van der Waals surface area contributed by atoms with E-state index in [1.165, 1.54) is 11.8 Å². The average molecular weight is 359 g/mol. The Labute approximate surface area is 157 Å². The van der Waals surface area contributed by atoms with Crippen LogP contribution in [0.4, 0.5) is 0 Å². The molecule has 0 fully saturated rings. The van der Waals surface area contributed by atoms with Crippen molar-refractivity contribution in [2.45, 2.75) is 23.3 Å². The predicted molar refractivity (Wildman–Crippen MR) is 102 cm³/mol. The first-order valence-electron chi connectivity index (χ1n) is 8.16. The van der Waals surface area contributed by atoms with Gasteiger partial charge in [-0.1, -0.05) is 65.9 Å².